The van der Waals surface area contributed by atoms with Crippen molar-refractivity contribution in [1.29, 1.82) is 0 Å². The Balaban J connectivity index is 2.30. The minimum Gasteiger partial charge on any atom is -0.354 e. The number of rotatable bonds is 5. The Hall–Kier alpha value is -2.86. The first kappa shape index (κ1) is 20.9. The minimum absolute atomic E-state index is 0.273. The van der Waals surface area contributed by atoms with Gasteiger partial charge < -0.3 is 5.32 Å². The summed E-state index contributed by atoms with van der Waals surface area (Å²) in [6.45, 7) is 8.00. The van der Waals surface area contributed by atoms with Crippen molar-refractivity contribution in [2.45, 2.75) is 33.7 Å². The van der Waals surface area contributed by atoms with Crippen molar-refractivity contribution in [2.24, 2.45) is 5.92 Å². The van der Waals surface area contributed by atoms with E-state index in [2.05, 4.69) is 5.32 Å². The maximum atomic E-state index is 13.4. The molecule has 0 saturated heterocycles. The molecule has 0 aliphatic heterocycles. The average molecular weight is 414 g/mol. The van der Waals surface area contributed by atoms with Gasteiger partial charge in [-0.15, -0.1) is 0 Å². The Morgan fingerprint density at radius 1 is 1.10 bits per heavy atom. The molecule has 29 heavy (non-hydrogen) atoms. The maximum absolute atomic E-state index is 13.4. The molecule has 0 fully saturated rings. The Bertz CT molecular complexity index is 1190. The molecule has 0 spiro atoms. The van der Waals surface area contributed by atoms with Crippen LogP contribution in [0.4, 0.5) is 0 Å². The van der Waals surface area contributed by atoms with Gasteiger partial charge >= 0.3 is 5.69 Å². The fraction of sp³-hybridized carbons (Fsp3) is 0.318. The van der Waals surface area contributed by atoms with Gasteiger partial charge in [-0.1, -0.05) is 37.6 Å². The van der Waals surface area contributed by atoms with Crippen molar-refractivity contribution < 1.29 is 4.79 Å². The summed E-state index contributed by atoms with van der Waals surface area (Å²) in [5.41, 5.74) is 0.684. The zero-order valence-corrected chi connectivity index (χ0v) is 17.7. The second-order valence-corrected chi connectivity index (χ2v) is 8.05. The van der Waals surface area contributed by atoms with Gasteiger partial charge in [0.1, 0.15) is 6.04 Å². The van der Waals surface area contributed by atoms with Crippen LogP contribution < -0.4 is 16.6 Å². The smallest absolute Gasteiger partial charge is 0.336 e. The topological polar surface area (TPSA) is 73.1 Å². The highest BCUT2D eigenvalue weighted by Gasteiger charge is 2.23. The van der Waals surface area contributed by atoms with Crippen LogP contribution >= 0.6 is 11.6 Å². The van der Waals surface area contributed by atoms with E-state index in [4.69, 9.17) is 11.6 Å². The molecule has 0 aliphatic rings. The van der Waals surface area contributed by atoms with Crippen LogP contribution in [0.25, 0.3) is 16.6 Å². The normalized spacial score (nSPS) is 12.3. The molecule has 0 aliphatic carbocycles. The van der Waals surface area contributed by atoms with E-state index in [0.717, 1.165) is 10.1 Å². The number of carbonyl (C=O) groups is 1. The summed E-state index contributed by atoms with van der Waals surface area (Å²) >= 11 is 6.14. The first-order valence-corrected chi connectivity index (χ1v) is 9.90. The van der Waals surface area contributed by atoms with Crippen molar-refractivity contribution in [3.8, 4) is 5.69 Å². The largest absolute Gasteiger partial charge is 0.354 e. The molecule has 2 aromatic carbocycles. The van der Waals surface area contributed by atoms with Crippen LogP contribution in [0.15, 0.2) is 52.1 Å². The highest BCUT2D eigenvalue weighted by atomic mass is 35.5. The SMILES string of the molecule is Cc1cccc(-n2c(=O)c3ccc(Cl)cc3n([C@H](C)C(=O)NCC(C)C)c2=O)c1. The molecule has 1 amide bonds. The second-order valence-electron chi connectivity index (χ2n) is 7.61. The predicted octanol–water partition coefficient (Wildman–Crippen LogP) is 3.45. The maximum Gasteiger partial charge on any atom is 0.336 e. The molecule has 1 aromatic heterocycles. The van der Waals surface area contributed by atoms with Gasteiger partial charge in [0.25, 0.3) is 5.56 Å². The Labute approximate surface area is 173 Å². The molecular formula is C22H24ClN3O3. The number of fused-ring (bicyclic) bond motifs is 1. The standard InChI is InChI=1S/C22H24ClN3O3/c1-13(2)12-24-20(27)15(4)25-19-11-16(23)8-9-18(19)21(28)26(22(25)29)17-7-5-6-14(3)10-17/h5-11,13,15H,12H2,1-4H3,(H,24,27)/t15-/m1/s1. The number of nitrogens with zero attached hydrogens (tertiary/aromatic N) is 2. The number of hydrogen-bond acceptors (Lipinski definition) is 3. The number of carbonyl (C=O) groups excluding carboxylic acids is 1. The number of amides is 1. The van der Waals surface area contributed by atoms with Crippen molar-refractivity contribution in [3.05, 3.63) is 73.9 Å². The number of aryl methyl sites for hydroxylation is 1. The van der Waals surface area contributed by atoms with Crippen LogP contribution in [-0.2, 0) is 4.79 Å². The van der Waals surface area contributed by atoms with E-state index in [0.29, 0.717) is 28.2 Å². The Morgan fingerprint density at radius 3 is 2.48 bits per heavy atom. The van der Waals surface area contributed by atoms with E-state index in [1.54, 1.807) is 43.3 Å². The van der Waals surface area contributed by atoms with Gasteiger partial charge in [-0.05, 0) is 55.7 Å². The van der Waals surface area contributed by atoms with Gasteiger partial charge in [-0.25, -0.2) is 9.36 Å². The van der Waals surface area contributed by atoms with Gasteiger partial charge in [-0.3, -0.25) is 14.2 Å². The third-order valence-corrected chi connectivity index (χ3v) is 5.00. The number of aromatic nitrogens is 2. The summed E-state index contributed by atoms with van der Waals surface area (Å²) in [7, 11) is 0. The molecule has 3 rings (SSSR count). The van der Waals surface area contributed by atoms with Crippen LogP contribution in [0.5, 0.6) is 0 Å². The monoisotopic (exact) mass is 413 g/mol. The van der Waals surface area contributed by atoms with Crippen molar-refractivity contribution in [1.82, 2.24) is 14.5 Å². The fourth-order valence-electron chi connectivity index (χ4n) is 3.24. The summed E-state index contributed by atoms with van der Waals surface area (Å²) < 4.78 is 2.44. The first-order chi connectivity index (χ1) is 13.7. The quantitative estimate of drug-likeness (QED) is 0.696. The van der Waals surface area contributed by atoms with E-state index < -0.39 is 17.3 Å². The molecule has 6 nitrogen and oxygen atoms in total. The number of hydrogen-bond donors (Lipinski definition) is 1. The molecule has 152 valence electrons. The Morgan fingerprint density at radius 2 is 1.83 bits per heavy atom. The second kappa shape index (κ2) is 8.25. The highest BCUT2D eigenvalue weighted by Crippen LogP contribution is 2.19. The van der Waals surface area contributed by atoms with Gasteiger partial charge in [0.05, 0.1) is 16.6 Å². The number of nitrogens with one attached hydrogen (secondary N) is 1. The van der Waals surface area contributed by atoms with Crippen molar-refractivity contribution >= 4 is 28.4 Å². The fourth-order valence-corrected chi connectivity index (χ4v) is 3.41. The van der Waals surface area contributed by atoms with E-state index in [9.17, 15) is 14.4 Å². The minimum atomic E-state index is -0.820. The molecule has 1 heterocycles. The lowest BCUT2D eigenvalue weighted by molar-refractivity contribution is -0.124. The van der Waals surface area contributed by atoms with E-state index in [1.807, 2.05) is 26.8 Å². The lowest BCUT2D eigenvalue weighted by atomic mass is 10.1. The number of halogens is 1. The molecule has 3 aromatic rings. The zero-order chi connectivity index (χ0) is 21.3. The van der Waals surface area contributed by atoms with E-state index in [-0.39, 0.29) is 11.8 Å². The summed E-state index contributed by atoms with van der Waals surface area (Å²) in [6.07, 6.45) is 0. The lowest BCUT2D eigenvalue weighted by Gasteiger charge is -2.20. The molecule has 0 bridgehead atoms. The van der Waals surface area contributed by atoms with Gasteiger partial charge in [0.15, 0.2) is 0 Å². The van der Waals surface area contributed by atoms with Crippen LogP contribution in [0.3, 0.4) is 0 Å². The van der Waals surface area contributed by atoms with Crippen molar-refractivity contribution in [2.75, 3.05) is 6.54 Å². The van der Waals surface area contributed by atoms with Crippen molar-refractivity contribution in [3.63, 3.8) is 0 Å². The van der Waals surface area contributed by atoms with Crippen LogP contribution in [-0.4, -0.2) is 21.6 Å². The van der Waals surface area contributed by atoms with Crippen LogP contribution in [0.1, 0.15) is 32.4 Å². The number of benzene rings is 2. The zero-order valence-electron chi connectivity index (χ0n) is 16.9. The molecule has 0 radical (unpaired) electrons. The van der Waals surface area contributed by atoms with E-state index in [1.165, 1.54) is 4.57 Å². The molecule has 0 unspecified atom stereocenters. The van der Waals surface area contributed by atoms with Crippen LogP contribution in [0, 0.1) is 12.8 Å². The predicted molar refractivity (Wildman–Crippen MR) is 116 cm³/mol. The third kappa shape index (κ3) is 4.12. The average Bonchev–Trinajstić information content (AvgIpc) is 2.66. The summed E-state index contributed by atoms with van der Waals surface area (Å²) in [6, 6.07) is 11.0. The molecule has 0 saturated carbocycles. The molecular weight excluding hydrogens is 390 g/mol. The first-order valence-electron chi connectivity index (χ1n) is 9.52. The van der Waals surface area contributed by atoms with E-state index >= 15 is 0 Å². The van der Waals surface area contributed by atoms with Crippen LogP contribution in [0.2, 0.25) is 5.02 Å². The summed E-state index contributed by atoms with van der Waals surface area (Å²) in [4.78, 5) is 39.3. The molecule has 1 atom stereocenters. The third-order valence-electron chi connectivity index (χ3n) is 4.76. The van der Waals surface area contributed by atoms with Gasteiger partial charge in [0, 0.05) is 11.6 Å². The molecule has 1 N–H and O–H groups in total. The Kier molecular flexibility index (Phi) is 5.94. The summed E-state index contributed by atoms with van der Waals surface area (Å²) in [5.74, 6) is -0.0215. The highest BCUT2D eigenvalue weighted by molar-refractivity contribution is 6.31. The van der Waals surface area contributed by atoms with Gasteiger partial charge in [0.2, 0.25) is 5.91 Å². The summed E-state index contributed by atoms with van der Waals surface area (Å²) in [5, 5.41) is 3.55. The lowest BCUT2D eigenvalue weighted by Crippen LogP contribution is -2.44. The molecule has 7 heteroatoms. The van der Waals surface area contributed by atoms with Gasteiger partial charge in [-0.2, -0.15) is 0 Å².